The molecule has 2 aliphatic rings. The van der Waals surface area contributed by atoms with Crippen molar-refractivity contribution in [3.63, 3.8) is 0 Å². The smallest absolute Gasteiger partial charge is 0.246 e. The highest BCUT2D eigenvalue weighted by Crippen LogP contribution is 2.32. The van der Waals surface area contributed by atoms with Gasteiger partial charge in [0.25, 0.3) is 0 Å². The van der Waals surface area contributed by atoms with E-state index in [1.54, 1.807) is 36.5 Å². The maximum atomic E-state index is 15.2. The normalized spacial score (nSPS) is 22.8. The molecule has 1 aliphatic carbocycles. The summed E-state index contributed by atoms with van der Waals surface area (Å²) in [6, 6.07) is 15.5. The number of amides is 8. The Kier molecular flexibility index (Phi) is 19.9. The number of carbonyl (C=O) groups excluding carboxylic acids is 8. The first kappa shape index (κ1) is 55.0. The van der Waals surface area contributed by atoms with E-state index in [0.717, 1.165) is 26.5 Å². The topological polar surface area (TPSA) is 327 Å². The molecule has 4 aromatic rings. The van der Waals surface area contributed by atoms with Crippen molar-refractivity contribution in [2.24, 2.45) is 22.2 Å². The molecule has 14 N–H and O–H groups in total. The number of aromatic nitrogens is 1. The number of aryl methyl sites for hydroxylation is 1. The molecule has 3 aromatic carbocycles. The molecule has 0 bridgehead atoms. The number of primary amides is 1. The molecule has 21 heteroatoms. The van der Waals surface area contributed by atoms with Gasteiger partial charge in [-0.15, -0.1) is 0 Å². The fraction of sp³-hybridized carbons (Fsp3) is 0.442. The van der Waals surface area contributed by atoms with Crippen molar-refractivity contribution in [2.75, 3.05) is 13.1 Å². The second-order valence-corrected chi connectivity index (χ2v) is 19.7. The molecule has 1 aromatic heterocycles. The van der Waals surface area contributed by atoms with Crippen molar-refractivity contribution in [3.8, 4) is 0 Å². The molecule has 390 valence electrons. The molecule has 1 fully saturated rings. The minimum absolute atomic E-state index is 0.0102. The Morgan fingerprint density at radius 1 is 0.795 bits per heavy atom. The standard InChI is InChI=1S/C52H67BrN12O8/c1-2-3-18-43(66)60-42-28-44(67)57-23-10-9-16-38(45(54)68)61-48(71)41(27-34-30-59-37-15-8-7-14-36(34)37)63-46(69)39(17-11-24-58-51(55)56)62-47(70)40(25-31-12-5-4-6-13-31)64-50(73)52(65-49(42)72)22-21-32-19-20-35(53)26-33(32)29-52/h4-8,12-15,19-20,26,30,38-42,59H,2-3,9-11,16-18,21-25,27-29H2,1H3,(H2,54,68)(H,57,67)(H,60,66)(H,61,71)(H,62,70)(H,63,69)(H,64,73)(H,65,72)(H4,55,56,58)/t38-,39-,40+,41-,42?,52?/m0/s1. The fourth-order valence-electron chi connectivity index (χ4n) is 9.18. The number of aliphatic imine (C=N–C) groups is 1. The number of benzene rings is 3. The molecule has 1 saturated heterocycles. The highest BCUT2D eigenvalue weighted by molar-refractivity contribution is 9.10. The zero-order chi connectivity index (χ0) is 52.5. The summed E-state index contributed by atoms with van der Waals surface area (Å²) >= 11 is 3.53. The predicted octanol–water partition coefficient (Wildman–Crippen LogP) is 1.60. The minimum Gasteiger partial charge on any atom is -0.370 e. The van der Waals surface area contributed by atoms with E-state index >= 15 is 4.79 Å². The van der Waals surface area contributed by atoms with E-state index < -0.39 is 89.4 Å². The first-order chi connectivity index (χ1) is 35.0. The van der Waals surface area contributed by atoms with Crippen LogP contribution in [0.25, 0.3) is 10.9 Å². The van der Waals surface area contributed by atoms with Crippen LogP contribution in [-0.4, -0.2) is 107 Å². The van der Waals surface area contributed by atoms with Crippen molar-refractivity contribution in [2.45, 2.75) is 133 Å². The Bertz CT molecular complexity index is 2660. The third-order valence-corrected chi connectivity index (χ3v) is 13.7. The van der Waals surface area contributed by atoms with Crippen LogP contribution >= 0.6 is 15.9 Å². The van der Waals surface area contributed by atoms with Crippen molar-refractivity contribution >= 4 is 80.0 Å². The van der Waals surface area contributed by atoms with Crippen LogP contribution in [0, 0.1) is 0 Å². The van der Waals surface area contributed by atoms with Crippen LogP contribution < -0.4 is 54.4 Å². The molecule has 1 spiro atoms. The molecule has 0 saturated carbocycles. The Labute approximate surface area is 432 Å². The van der Waals surface area contributed by atoms with Gasteiger partial charge in [-0.05, 0) is 91.8 Å². The number of halogens is 1. The van der Waals surface area contributed by atoms with Gasteiger partial charge in [0.1, 0.15) is 35.7 Å². The molecular formula is C52H67BrN12O8. The first-order valence-corrected chi connectivity index (χ1v) is 25.6. The van der Waals surface area contributed by atoms with E-state index in [0.29, 0.717) is 43.2 Å². The summed E-state index contributed by atoms with van der Waals surface area (Å²) in [4.78, 5) is 121. The Morgan fingerprint density at radius 3 is 2.26 bits per heavy atom. The molecule has 8 amide bonds. The average Bonchev–Trinajstić information content (AvgIpc) is 3.77. The molecule has 2 unspecified atom stereocenters. The molecule has 0 radical (unpaired) electrons. The van der Waals surface area contributed by atoms with E-state index in [1.165, 1.54) is 0 Å². The second-order valence-electron chi connectivity index (χ2n) is 18.7. The number of nitrogens with one attached hydrogen (secondary N) is 8. The van der Waals surface area contributed by atoms with Gasteiger partial charge in [0, 0.05) is 60.3 Å². The number of rotatable bonds is 13. The summed E-state index contributed by atoms with van der Waals surface area (Å²) in [5, 5.41) is 20.6. The lowest BCUT2D eigenvalue weighted by atomic mass is 9.76. The van der Waals surface area contributed by atoms with E-state index in [2.05, 4.69) is 63.1 Å². The zero-order valence-electron chi connectivity index (χ0n) is 41.0. The summed E-state index contributed by atoms with van der Waals surface area (Å²) in [5.41, 5.74) is 19.2. The van der Waals surface area contributed by atoms with Crippen LogP contribution in [0.3, 0.4) is 0 Å². The number of nitrogens with two attached hydrogens (primary N) is 3. The lowest BCUT2D eigenvalue weighted by molar-refractivity contribution is -0.139. The summed E-state index contributed by atoms with van der Waals surface area (Å²) < 4.78 is 0.735. The lowest BCUT2D eigenvalue weighted by Crippen LogP contribution is -2.67. The van der Waals surface area contributed by atoms with Crippen LogP contribution in [0.5, 0.6) is 0 Å². The van der Waals surface area contributed by atoms with Gasteiger partial charge in [-0.1, -0.05) is 83.9 Å². The largest absolute Gasteiger partial charge is 0.370 e. The average molecular weight is 1070 g/mol. The number of carbonyl (C=O) groups is 8. The van der Waals surface area contributed by atoms with Gasteiger partial charge < -0.3 is 59.4 Å². The molecule has 20 nitrogen and oxygen atoms in total. The molecule has 6 atom stereocenters. The third kappa shape index (κ3) is 15.8. The number of para-hydroxylation sites is 1. The van der Waals surface area contributed by atoms with Gasteiger partial charge >= 0.3 is 0 Å². The number of fused-ring (bicyclic) bond motifs is 2. The summed E-state index contributed by atoms with van der Waals surface area (Å²) in [6.07, 6.45) is 3.85. The van der Waals surface area contributed by atoms with Gasteiger partial charge in [0.2, 0.25) is 47.3 Å². The van der Waals surface area contributed by atoms with Gasteiger partial charge in [0.15, 0.2) is 5.96 Å². The molecule has 1 aliphatic heterocycles. The Hall–Kier alpha value is -7.29. The zero-order valence-corrected chi connectivity index (χ0v) is 42.6. The van der Waals surface area contributed by atoms with Crippen LogP contribution in [0.1, 0.15) is 93.4 Å². The molecular weight excluding hydrogens is 1000 g/mol. The van der Waals surface area contributed by atoms with E-state index in [9.17, 15) is 33.6 Å². The van der Waals surface area contributed by atoms with Crippen molar-refractivity contribution in [3.05, 3.63) is 106 Å². The summed E-state index contributed by atoms with van der Waals surface area (Å²) in [6.45, 7) is 2.12. The van der Waals surface area contributed by atoms with Crippen molar-refractivity contribution < 1.29 is 38.4 Å². The monoisotopic (exact) mass is 1070 g/mol. The highest BCUT2D eigenvalue weighted by Gasteiger charge is 2.46. The number of hydrogen-bond donors (Lipinski definition) is 11. The maximum Gasteiger partial charge on any atom is 0.246 e. The van der Waals surface area contributed by atoms with E-state index in [-0.39, 0.29) is 70.4 Å². The number of H-pyrrole nitrogens is 1. The SMILES string of the molecule is CCCCC(=O)NC1CC(=O)NCCCC[C@@H](C(N)=O)NC(=O)[C@H](Cc2c[nH]c3ccccc23)NC(=O)[C@H](CCCN=C(N)N)NC(=O)[C@@H](Cc2ccccc2)NC(=O)C2(CCc3ccc(Br)cc3C2)NC1=O. The number of aromatic amines is 1. The number of guanidine groups is 1. The van der Waals surface area contributed by atoms with Gasteiger partial charge in [-0.3, -0.25) is 43.3 Å². The van der Waals surface area contributed by atoms with Crippen LogP contribution in [-0.2, 0) is 64.0 Å². The molecule has 6 rings (SSSR count). The van der Waals surface area contributed by atoms with Crippen LogP contribution in [0.2, 0.25) is 0 Å². The second kappa shape index (κ2) is 26.4. The van der Waals surface area contributed by atoms with Crippen LogP contribution in [0.4, 0.5) is 0 Å². The summed E-state index contributed by atoms with van der Waals surface area (Å²) in [7, 11) is 0. The quantitative estimate of drug-likeness (QED) is 0.0522. The van der Waals surface area contributed by atoms with Gasteiger partial charge in [-0.25, -0.2) is 0 Å². The maximum absolute atomic E-state index is 15.2. The fourth-order valence-corrected chi connectivity index (χ4v) is 9.59. The molecule has 73 heavy (non-hydrogen) atoms. The lowest BCUT2D eigenvalue weighted by Gasteiger charge is -2.39. The minimum atomic E-state index is -1.70. The summed E-state index contributed by atoms with van der Waals surface area (Å²) in [5.74, 6) is -5.74. The van der Waals surface area contributed by atoms with Crippen molar-refractivity contribution in [1.82, 2.24) is 42.2 Å². The van der Waals surface area contributed by atoms with Gasteiger partial charge in [0.05, 0.1) is 6.42 Å². The molecule has 2 heterocycles. The number of nitrogens with zero attached hydrogens (tertiary/aromatic N) is 1. The van der Waals surface area contributed by atoms with Gasteiger partial charge in [-0.2, -0.15) is 0 Å². The number of unbranched alkanes of at least 4 members (excludes halogenated alkanes) is 1. The third-order valence-electron chi connectivity index (χ3n) is 13.2. The van der Waals surface area contributed by atoms with Crippen molar-refractivity contribution in [1.29, 1.82) is 0 Å². The van der Waals surface area contributed by atoms with E-state index in [1.807, 2.05) is 49.4 Å². The highest BCUT2D eigenvalue weighted by atomic mass is 79.9. The van der Waals surface area contributed by atoms with Crippen LogP contribution in [0.15, 0.2) is 88.5 Å². The Morgan fingerprint density at radius 2 is 1.51 bits per heavy atom. The number of hydrogen-bond acceptors (Lipinski definition) is 9. The predicted molar refractivity (Wildman–Crippen MR) is 279 cm³/mol. The Balaban J connectivity index is 1.41. The van der Waals surface area contributed by atoms with E-state index in [4.69, 9.17) is 17.2 Å². The first-order valence-electron chi connectivity index (χ1n) is 24.8.